The van der Waals surface area contributed by atoms with Crippen LogP contribution in [0.4, 0.5) is 0 Å². The highest BCUT2D eigenvalue weighted by Crippen LogP contribution is 2.29. The maximum Gasteiger partial charge on any atom is 0.257 e. The lowest BCUT2D eigenvalue weighted by molar-refractivity contribution is -0.126. The zero-order valence-corrected chi connectivity index (χ0v) is 19.0. The molecule has 0 saturated carbocycles. The molecule has 1 fully saturated rings. The maximum absolute atomic E-state index is 13.1. The van der Waals surface area contributed by atoms with E-state index in [-0.39, 0.29) is 17.7 Å². The van der Waals surface area contributed by atoms with Gasteiger partial charge in [0.25, 0.3) is 5.91 Å². The number of hydrogen-bond acceptors (Lipinski definition) is 3. The highest BCUT2D eigenvalue weighted by Gasteiger charge is 2.28. The highest BCUT2D eigenvalue weighted by atomic mass is 79.9. The van der Waals surface area contributed by atoms with E-state index in [9.17, 15) is 9.59 Å². The molecule has 2 amide bonds. The van der Waals surface area contributed by atoms with Crippen molar-refractivity contribution in [3.63, 3.8) is 0 Å². The average molecular weight is 473 g/mol. The number of halogens is 1. The third kappa shape index (κ3) is 6.08. The van der Waals surface area contributed by atoms with Gasteiger partial charge in [-0.15, -0.1) is 0 Å². The lowest BCUT2D eigenvalue weighted by Crippen LogP contribution is -2.43. The van der Waals surface area contributed by atoms with Crippen molar-refractivity contribution in [1.82, 2.24) is 10.2 Å². The van der Waals surface area contributed by atoms with Gasteiger partial charge in [-0.05, 0) is 49.6 Å². The van der Waals surface area contributed by atoms with Crippen LogP contribution < -0.4 is 10.1 Å². The van der Waals surface area contributed by atoms with Gasteiger partial charge in [0.2, 0.25) is 5.91 Å². The molecule has 2 aromatic rings. The maximum atomic E-state index is 13.1. The first-order valence-electron chi connectivity index (χ1n) is 10.7. The number of benzene rings is 2. The van der Waals surface area contributed by atoms with Crippen molar-refractivity contribution in [2.75, 3.05) is 19.6 Å². The Morgan fingerprint density at radius 1 is 1.10 bits per heavy atom. The van der Waals surface area contributed by atoms with Crippen LogP contribution >= 0.6 is 15.9 Å². The van der Waals surface area contributed by atoms with E-state index < -0.39 is 0 Å². The number of amides is 2. The molecule has 0 bridgehead atoms. The van der Waals surface area contributed by atoms with Gasteiger partial charge in [0.15, 0.2) is 0 Å². The molecule has 1 N–H and O–H groups in total. The number of ether oxygens (including phenoxy) is 1. The Morgan fingerprint density at radius 2 is 1.87 bits per heavy atom. The fourth-order valence-electron chi connectivity index (χ4n) is 3.64. The van der Waals surface area contributed by atoms with Gasteiger partial charge < -0.3 is 15.0 Å². The standard InChI is InChI=1S/C24H29BrN2O3/c1-2-3-6-14-26-23(28)18-12-15-27(16-13-18)24(29)21-10-4-5-11-22(21)30-20-9-7-8-19(25)17-20/h4-5,7-11,17-18H,2-3,6,12-16H2,1H3,(H,26,28). The zero-order valence-electron chi connectivity index (χ0n) is 17.4. The second-order valence-electron chi connectivity index (χ2n) is 7.62. The molecule has 160 valence electrons. The minimum atomic E-state index is -0.0533. The summed E-state index contributed by atoms with van der Waals surface area (Å²) in [6, 6.07) is 14.8. The second kappa shape index (κ2) is 11.2. The summed E-state index contributed by atoms with van der Waals surface area (Å²) in [6.07, 6.45) is 4.69. The van der Waals surface area contributed by atoms with E-state index in [4.69, 9.17) is 4.74 Å². The van der Waals surface area contributed by atoms with Crippen LogP contribution in [0.15, 0.2) is 53.0 Å². The van der Waals surface area contributed by atoms with E-state index >= 15 is 0 Å². The Morgan fingerprint density at radius 3 is 2.60 bits per heavy atom. The van der Waals surface area contributed by atoms with Crippen LogP contribution in [-0.2, 0) is 4.79 Å². The second-order valence-corrected chi connectivity index (χ2v) is 8.54. The number of nitrogens with zero attached hydrogens (tertiary/aromatic N) is 1. The smallest absolute Gasteiger partial charge is 0.257 e. The summed E-state index contributed by atoms with van der Waals surface area (Å²) in [5, 5.41) is 3.04. The number of carbonyl (C=O) groups is 2. The molecule has 0 aliphatic carbocycles. The average Bonchev–Trinajstić information content (AvgIpc) is 2.77. The van der Waals surface area contributed by atoms with Crippen LogP contribution in [0.3, 0.4) is 0 Å². The van der Waals surface area contributed by atoms with Crippen molar-refractivity contribution in [3.8, 4) is 11.5 Å². The van der Waals surface area contributed by atoms with Gasteiger partial charge in [-0.25, -0.2) is 0 Å². The molecule has 1 aliphatic rings. The van der Waals surface area contributed by atoms with Gasteiger partial charge in [-0.2, -0.15) is 0 Å². The molecule has 6 heteroatoms. The summed E-state index contributed by atoms with van der Waals surface area (Å²) < 4.78 is 6.90. The summed E-state index contributed by atoms with van der Waals surface area (Å²) in [5.41, 5.74) is 0.542. The summed E-state index contributed by atoms with van der Waals surface area (Å²) >= 11 is 3.44. The van der Waals surface area contributed by atoms with Crippen LogP contribution in [-0.4, -0.2) is 36.3 Å². The lowest BCUT2D eigenvalue weighted by atomic mass is 9.95. The van der Waals surface area contributed by atoms with Crippen molar-refractivity contribution in [2.45, 2.75) is 39.0 Å². The molecule has 1 heterocycles. The fraction of sp³-hybridized carbons (Fsp3) is 0.417. The lowest BCUT2D eigenvalue weighted by Gasteiger charge is -2.31. The molecule has 1 saturated heterocycles. The molecule has 2 aromatic carbocycles. The van der Waals surface area contributed by atoms with Crippen molar-refractivity contribution in [2.24, 2.45) is 5.92 Å². The molecule has 0 unspecified atom stereocenters. The van der Waals surface area contributed by atoms with Crippen LogP contribution in [0.5, 0.6) is 11.5 Å². The minimum Gasteiger partial charge on any atom is -0.456 e. The van der Waals surface area contributed by atoms with E-state index in [1.807, 2.05) is 47.4 Å². The van der Waals surface area contributed by atoms with Crippen LogP contribution in [0, 0.1) is 5.92 Å². The van der Waals surface area contributed by atoms with Gasteiger partial charge in [0.1, 0.15) is 11.5 Å². The monoisotopic (exact) mass is 472 g/mol. The minimum absolute atomic E-state index is 0.0103. The first kappa shape index (κ1) is 22.3. The van der Waals surface area contributed by atoms with Crippen molar-refractivity contribution >= 4 is 27.7 Å². The first-order valence-corrected chi connectivity index (χ1v) is 11.5. The molecule has 30 heavy (non-hydrogen) atoms. The number of para-hydroxylation sites is 1. The van der Waals surface area contributed by atoms with E-state index in [1.54, 1.807) is 6.07 Å². The summed E-state index contributed by atoms with van der Waals surface area (Å²) in [7, 11) is 0. The zero-order chi connectivity index (χ0) is 21.3. The summed E-state index contributed by atoms with van der Waals surface area (Å²) in [4.78, 5) is 27.3. The largest absolute Gasteiger partial charge is 0.456 e. The third-order valence-electron chi connectivity index (χ3n) is 5.37. The third-order valence-corrected chi connectivity index (χ3v) is 5.87. The molecule has 0 spiro atoms. The number of piperidine rings is 1. The van der Waals surface area contributed by atoms with E-state index in [2.05, 4.69) is 28.2 Å². The van der Waals surface area contributed by atoms with Crippen molar-refractivity contribution in [1.29, 1.82) is 0 Å². The van der Waals surface area contributed by atoms with Gasteiger partial charge in [-0.3, -0.25) is 9.59 Å². The topological polar surface area (TPSA) is 58.6 Å². The Bertz CT molecular complexity index is 863. The van der Waals surface area contributed by atoms with Crippen molar-refractivity contribution < 1.29 is 14.3 Å². The van der Waals surface area contributed by atoms with Gasteiger partial charge in [0.05, 0.1) is 5.56 Å². The molecule has 0 atom stereocenters. The Kier molecular flexibility index (Phi) is 8.31. The number of unbranched alkanes of at least 4 members (excludes halogenated alkanes) is 2. The SMILES string of the molecule is CCCCCNC(=O)C1CCN(C(=O)c2ccccc2Oc2cccc(Br)c2)CC1. The summed E-state index contributed by atoms with van der Waals surface area (Å²) in [6.45, 7) is 4.05. The van der Waals surface area contributed by atoms with Gasteiger partial charge in [-0.1, -0.05) is 53.9 Å². The Hall–Kier alpha value is -2.34. The van der Waals surface area contributed by atoms with Gasteiger partial charge >= 0.3 is 0 Å². The quantitative estimate of drug-likeness (QED) is 0.523. The molecular formula is C24H29BrN2O3. The molecule has 0 radical (unpaired) electrons. The Balaban J connectivity index is 1.58. The first-order chi connectivity index (χ1) is 14.6. The normalized spacial score (nSPS) is 14.4. The van der Waals surface area contributed by atoms with E-state index in [1.165, 1.54) is 0 Å². The number of carbonyl (C=O) groups excluding carboxylic acids is 2. The van der Waals surface area contributed by atoms with Gasteiger partial charge in [0, 0.05) is 30.0 Å². The van der Waals surface area contributed by atoms with Crippen LogP contribution in [0.2, 0.25) is 0 Å². The molecular weight excluding hydrogens is 444 g/mol. The molecule has 5 nitrogen and oxygen atoms in total. The highest BCUT2D eigenvalue weighted by molar-refractivity contribution is 9.10. The molecule has 3 rings (SSSR count). The summed E-state index contributed by atoms with van der Waals surface area (Å²) in [5.74, 6) is 1.27. The number of hydrogen-bond donors (Lipinski definition) is 1. The number of nitrogens with one attached hydrogen (secondary N) is 1. The fourth-order valence-corrected chi connectivity index (χ4v) is 4.01. The molecule has 1 aliphatic heterocycles. The van der Waals surface area contributed by atoms with Crippen molar-refractivity contribution in [3.05, 3.63) is 58.6 Å². The molecule has 0 aromatic heterocycles. The van der Waals surface area contributed by atoms with E-state index in [0.717, 1.165) is 30.3 Å². The predicted octanol–water partition coefficient (Wildman–Crippen LogP) is 5.40. The predicted molar refractivity (Wildman–Crippen MR) is 122 cm³/mol. The number of rotatable bonds is 8. The van der Waals surface area contributed by atoms with Crippen LogP contribution in [0.25, 0.3) is 0 Å². The van der Waals surface area contributed by atoms with Crippen LogP contribution in [0.1, 0.15) is 49.4 Å². The van der Waals surface area contributed by atoms with E-state index in [0.29, 0.717) is 43.0 Å². The number of likely N-dealkylation sites (tertiary alicyclic amines) is 1. The Labute approximate surface area is 186 Å².